The van der Waals surface area contributed by atoms with Gasteiger partial charge in [-0.2, -0.15) is 0 Å². The minimum Gasteiger partial charge on any atom is -0.396 e. The van der Waals surface area contributed by atoms with E-state index in [9.17, 15) is 4.79 Å². The van der Waals surface area contributed by atoms with Gasteiger partial charge in [0.15, 0.2) is 0 Å². The van der Waals surface area contributed by atoms with Crippen LogP contribution in [0.3, 0.4) is 0 Å². The summed E-state index contributed by atoms with van der Waals surface area (Å²) >= 11 is 0. The molecule has 0 radical (unpaired) electrons. The van der Waals surface area contributed by atoms with Crippen molar-refractivity contribution in [1.29, 1.82) is 0 Å². The number of rotatable bonds is 8. The van der Waals surface area contributed by atoms with Crippen molar-refractivity contribution in [1.82, 2.24) is 5.32 Å². The minimum atomic E-state index is -0.553. The number of para-hydroxylation sites is 1. The van der Waals surface area contributed by atoms with Gasteiger partial charge in [-0.15, -0.1) is 0 Å². The van der Waals surface area contributed by atoms with E-state index in [4.69, 9.17) is 9.84 Å². The van der Waals surface area contributed by atoms with Gasteiger partial charge in [0.05, 0.1) is 18.7 Å². The monoisotopic (exact) mass is 294 g/mol. The maximum absolute atomic E-state index is 12.1. The van der Waals surface area contributed by atoms with E-state index in [1.807, 2.05) is 39.0 Å². The van der Waals surface area contributed by atoms with Crippen LogP contribution in [-0.2, 0) is 9.53 Å². The molecule has 1 aromatic rings. The molecular formula is C16H26N2O3. The maximum atomic E-state index is 12.1. The van der Waals surface area contributed by atoms with Crippen LogP contribution in [0.2, 0.25) is 0 Å². The van der Waals surface area contributed by atoms with Crippen LogP contribution in [0.25, 0.3) is 0 Å². The number of hydrogen-bond acceptors (Lipinski definition) is 4. The summed E-state index contributed by atoms with van der Waals surface area (Å²) in [6, 6.07) is 6.01. The van der Waals surface area contributed by atoms with Gasteiger partial charge in [0.25, 0.3) is 0 Å². The lowest BCUT2D eigenvalue weighted by molar-refractivity contribution is -0.122. The molecule has 5 nitrogen and oxygen atoms in total. The summed E-state index contributed by atoms with van der Waals surface area (Å²) in [6.07, 6.45) is 0.454. The molecule has 0 fully saturated rings. The highest BCUT2D eigenvalue weighted by Crippen LogP contribution is 2.19. The van der Waals surface area contributed by atoms with Crippen molar-refractivity contribution in [3.8, 4) is 0 Å². The normalized spacial score (nSPS) is 13.6. The molecule has 0 bridgehead atoms. The van der Waals surface area contributed by atoms with Gasteiger partial charge >= 0.3 is 0 Å². The first-order chi connectivity index (χ1) is 9.91. The smallest absolute Gasteiger partial charge is 0.239 e. The SMILES string of the molecule is COCC(C)(CCO)NC(=O)CNc1c(C)cccc1C. The molecule has 1 amide bonds. The fraction of sp³-hybridized carbons (Fsp3) is 0.562. The second-order valence-corrected chi connectivity index (χ2v) is 5.64. The van der Waals surface area contributed by atoms with Gasteiger partial charge < -0.3 is 20.5 Å². The maximum Gasteiger partial charge on any atom is 0.239 e. The fourth-order valence-electron chi connectivity index (χ4n) is 2.38. The number of ether oxygens (including phenoxy) is 1. The molecule has 118 valence electrons. The molecular weight excluding hydrogens is 268 g/mol. The van der Waals surface area contributed by atoms with Crippen LogP contribution in [0, 0.1) is 13.8 Å². The molecule has 3 N–H and O–H groups in total. The molecule has 0 saturated heterocycles. The summed E-state index contributed by atoms with van der Waals surface area (Å²) in [6.45, 7) is 6.44. The van der Waals surface area contributed by atoms with Crippen molar-refractivity contribution in [3.05, 3.63) is 29.3 Å². The van der Waals surface area contributed by atoms with Gasteiger partial charge in [0, 0.05) is 19.4 Å². The average Bonchev–Trinajstić information content (AvgIpc) is 2.38. The second-order valence-electron chi connectivity index (χ2n) is 5.64. The van der Waals surface area contributed by atoms with E-state index in [0.717, 1.165) is 16.8 Å². The van der Waals surface area contributed by atoms with Crippen LogP contribution in [0.15, 0.2) is 18.2 Å². The number of carbonyl (C=O) groups excluding carboxylic acids is 1. The molecule has 1 atom stereocenters. The van der Waals surface area contributed by atoms with E-state index in [2.05, 4.69) is 10.6 Å². The number of aliphatic hydroxyl groups excluding tert-OH is 1. The number of benzene rings is 1. The summed E-state index contributed by atoms with van der Waals surface area (Å²) in [5.74, 6) is -0.120. The van der Waals surface area contributed by atoms with Gasteiger partial charge in [-0.25, -0.2) is 0 Å². The Morgan fingerprint density at radius 3 is 2.48 bits per heavy atom. The summed E-state index contributed by atoms with van der Waals surface area (Å²) in [4.78, 5) is 12.1. The summed E-state index contributed by atoms with van der Waals surface area (Å²) in [5.41, 5.74) is 2.65. The summed E-state index contributed by atoms with van der Waals surface area (Å²) in [5, 5.41) is 15.2. The Morgan fingerprint density at radius 1 is 1.33 bits per heavy atom. The highest BCUT2D eigenvalue weighted by molar-refractivity contribution is 5.82. The van der Waals surface area contributed by atoms with Crippen LogP contribution in [0.1, 0.15) is 24.5 Å². The molecule has 1 aromatic carbocycles. The van der Waals surface area contributed by atoms with E-state index >= 15 is 0 Å². The van der Waals surface area contributed by atoms with Crippen LogP contribution >= 0.6 is 0 Å². The van der Waals surface area contributed by atoms with Crippen molar-refractivity contribution in [2.24, 2.45) is 0 Å². The van der Waals surface area contributed by atoms with Crippen molar-refractivity contribution in [2.45, 2.75) is 32.7 Å². The molecule has 0 aliphatic carbocycles. The Labute approximate surface area is 126 Å². The number of anilines is 1. The highest BCUT2D eigenvalue weighted by Gasteiger charge is 2.25. The lowest BCUT2D eigenvalue weighted by atomic mass is 9.99. The lowest BCUT2D eigenvalue weighted by Crippen LogP contribution is -2.51. The third kappa shape index (κ3) is 5.36. The standard InChI is InChI=1S/C16H26N2O3/c1-12-6-5-7-13(2)15(12)17-10-14(20)18-16(3,8-9-19)11-21-4/h5-7,17,19H,8-11H2,1-4H3,(H,18,20). The zero-order chi connectivity index (χ0) is 15.9. The Balaban J connectivity index is 2.61. The van der Waals surface area contributed by atoms with Crippen LogP contribution < -0.4 is 10.6 Å². The van der Waals surface area contributed by atoms with E-state index in [1.54, 1.807) is 7.11 Å². The first-order valence-electron chi connectivity index (χ1n) is 7.13. The third-order valence-corrected chi connectivity index (χ3v) is 3.47. The first kappa shape index (κ1) is 17.5. The number of carbonyl (C=O) groups is 1. The fourth-order valence-corrected chi connectivity index (χ4v) is 2.38. The predicted molar refractivity (Wildman–Crippen MR) is 84.5 cm³/mol. The molecule has 0 heterocycles. The van der Waals surface area contributed by atoms with Crippen molar-refractivity contribution in [2.75, 3.05) is 32.2 Å². The molecule has 0 saturated carbocycles. The molecule has 1 rings (SSSR count). The first-order valence-corrected chi connectivity index (χ1v) is 7.13. The van der Waals surface area contributed by atoms with Crippen molar-refractivity contribution >= 4 is 11.6 Å². The predicted octanol–water partition coefficient (Wildman–Crippen LogP) is 1.62. The minimum absolute atomic E-state index is 0.00443. The number of aryl methyl sites for hydroxylation is 2. The number of amides is 1. The Kier molecular flexibility index (Phi) is 6.65. The van der Waals surface area contributed by atoms with Gasteiger partial charge in [0.2, 0.25) is 5.91 Å². The molecule has 5 heteroatoms. The van der Waals surface area contributed by atoms with E-state index in [0.29, 0.717) is 13.0 Å². The summed E-state index contributed by atoms with van der Waals surface area (Å²) in [7, 11) is 1.58. The molecule has 21 heavy (non-hydrogen) atoms. The molecule has 0 aliphatic rings. The summed E-state index contributed by atoms with van der Waals surface area (Å²) < 4.78 is 5.12. The van der Waals surface area contributed by atoms with E-state index in [1.165, 1.54) is 0 Å². The zero-order valence-corrected chi connectivity index (χ0v) is 13.3. The largest absolute Gasteiger partial charge is 0.396 e. The Bertz CT molecular complexity index is 448. The van der Waals surface area contributed by atoms with E-state index in [-0.39, 0.29) is 19.1 Å². The topological polar surface area (TPSA) is 70.6 Å². The molecule has 0 aliphatic heterocycles. The lowest BCUT2D eigenvalue weighted by Gasteiger charge is -2.29. The van der Waals surface area contributed by atoms with Crippen molar-refractivity contribution in [3.63, 3.8) is 0 Å². The third-order valence-electron chi connectivity index (χ3n) is 3.47. The van der Waals surface area contributed by atoms with Gasteiger partial charge in [-0.3, -0.25) is 4.79 Å². The van der Waals surface area contributed by atoms with Gasteiger partial charge in [0.1, 0.15) is 0 Å². The quantitative estimate of drug-likeness (QED) is 0.681. The van der Waals surface area contributed by atoms with Crippen LogP contribution in [0.4, 0.5) is 5.69 Å². The molecule has 0 spiro atoms. The number of hydrogen-bond donors (Lipinski definition) is 3. The average molecular weight is 294 g/mol. The van der Waals surface area contributed by atoms with Gasteiger partial charge in [-0.05, 0) is 38.3 Å². The van der Waals surface area contributed by atoms with E-state index < -0.39 is 5.54 Å². The number of aliphatic hydroxyl groups is 1. The second kappa shape index (κ2) is 8.00. The molecule has 0 aromatic heterocycles. The Hall–Kier alpha value is -1.59. The van der Waals surface area contributed by atoms with Crippen LogP contribution in [-0.4, -0.2) is 43.4 Å². The van der Waals surface area contributed by atoms with Gasteiger partial charge in [-0.1, -0.05) is 18.2 Å². The Morgan fingerprint density at radius 2 is 1.95 bits per heavy atom. The van der Waals surface area contributed by atoms with Crippen molar-refractivity contribution < 1.29 is 14.6 Å². The number of methoxy groups -OCH3 is 1. The van der Waals surface area contributed by atoms with Crippen LogP contribution in [0.5, 0.6) is 0 Å². The zero-order valence-electron chi connectivity index (χ0n) is 13.3. The highest BCUT2D eigenvalue weighted by atomic mass is 16.5. The molecule has 1 unspecified atom stereocenters. The number of nitrogens with one attached hydrogen (secondary N) is 2.